The van der Waals surface area contributed by atoms with Crippen molar-refractivity contribution < 1.29 is 39.5 Å². The van der Waals surface area contributed by atoms with Crippen LogP contribution in [0.25, 0.3) is 0 Å². The van der Waals surface area contributed by atoms with Crippen LogP contribution in [-0.2, 0) is 4.79 Å². The number of carbonyl (C=O) groups is 1. The van der Waals surface area contributed by atoms with Gasteiger partial charge < -0.3 is 14.8 Å². The number of rotatable bonds is 17. The van der Waals surface area contributed by atoms with E-state index < -0.39 is 5.97 Å². The number of hydrogen-bond donors (Lipinski definition) is 0. The maximum absolute atomic E-state index is 10.6. The van der Waals surface area contributed by atoms with Crippen LogP contribution in [0.2, 0.25) is 0 Å². The van der Waals surface area contributed by atoms with Crippen LogP contribution in [-0.4, -0.2) is 30.5 Å². The summed E-state index contributed by atoms with van der Waals surface area (Å²) >= 11 is 0. The van der Waals surface area contributed by atoms with Crippen LogP contribution in [0.5, 0.6) is 0 Å². The Morgan fingerprint density at radius 2 is 1.22 bits per heavy atom. The normalized spacial score (nSPS) is 10.3. The Hall–Kier alpha value is -0.0900. The molecule has 0 rings (SSSR count). The van der Waals surface area contributed by atoms with Gasteiger partial charge in [-0.2, -0.15) is 0 Å². The number of carbonyl (C=O) groups excluding carboxylic acids is 1. The minimum atomic E-state index is -0.943. The molecule has 0 aromatic heterocycles. The molecular formula is C19H34NNaO2. The molecule has 0 N–H and O–H groups in total. The fourth-order valence-corrected chi connectivity index (χ4v) is 2.54. The zero-order chi connectivity index (χ0) is 16.5. The Bertz CT molecular complexity index is 275. The summed E-state index contributed by atoms with van der Waals surface area (Å²) in [5, 5.41) is 10.6. The van der Waals surface area contributed by atoms with Gasteiger partial charge in [-0.1, -0.05) is 37.8 Å². The van der Waals surface area contributed by atoms with Crippen molar-refractivity contribution in [2.45, 2.75) is 70.6 Å². The average molecular weight is 331 g/mol. The van der Waals surface area contributed by atoms with E-state index in [0.717, 1.165) is 38.8 Å². The molecule has 0 aromatic rings. The van der Waals surface area contributed by atoms with Crippen molar-refractivity contribution in [1.82, 2.24) is 4.90 Å². The van der Waals surface area contributed by atoms with Crippen LogP contribution < -0.4 is 34.7 Å². The first-order chi connectivity index (χ1) is 10.7. The van der Waals surface area contributed by atoms with Gasteiger partial charge >= 0.3 is 29.6 Å². The standard InChI is InChI=1S/C19H35NO2.Na/c1-3-5-7-9-11-13-16-20(18-15-19(21)22)17-14-12-10-8-6-4-2;/h3-4H,1-2,5-18H2,(H,21,22);/q;+1/p-1. The number of unbranched alkanes of at least 4 members (excludes halogenated alkanes) is 8. The maximum atomic E-state index is 10.6. The van der Waals surface area contributed by atoms with Crippen LogP contribution in [0.15, 0.2) is 25.3 Å². The molecule has 0 amide bonds. The molecule has 0 atom stereocenters. The van der Waals surface area contributed by atoms with E-state index >= 15 is 0 Å². The molecule has 3 nitrogen and oxygen atoms in total. The van der Waals surface area contributed by atoms with Gasteiger partial charge in [-0.05, 0) is 58.0 Å². The number of aliphatic carboxylic acids is 1. The van der Waals surface area contributed by atoms with E-state index in [1.807, 2.05) is 12.2 Å². The van der Waals surface area contributed by atoms with E-state index in [0.29, 0.717) is 6.54 Å². The zero-order valence-electron chi connectivity index (χ0n) is 15.2. The Balaban J connectivity index is 0. The molecule has 0 aliphatic carbocycles. The van der Waals surface area contributed by atoms with E-state index in [1.54, 1.807) is 0 Å². The minimum absolute atomic E-state index is 0. The second-order valence-corrected chi connectivity index (χ2v) is 5.95. The molecule has 0 fully saturated rings. The number of allylic oxidation sites excluding steroid dienone is 2. The Labute approximate surface area is 165 Å². The van der Waals surface area contributed by atoms with Gasteiger partial charge in [0.05, 0.1) is 0 Å². The number of carboxylic acid groups (broad SMARTS) is 1. The molecular weight excluding hydrogens is 297 g/mol. The van der Waals surface area contributed by atoms with Crippen molar-refractivity contribution in [1.29, 1.82) is 0 Å². The van der Waals surface area contributed by atoms with Gasteiger partial charge in [0.1, 0.15) is 0 Å². The predicted octanol–water partition coefficient (Wildman–Crippen LogP) is 0.705. The van der Waals surface area contributed by atoms with E-state index in [-0.39, 0.29) is 36.0 Å². The summed E-state index contributed by atoms with van der Waals surface area (Å²) in [6, 6.07) is 0. The third-order valence-corrected chi connectivity index (χ3v) is 3.90. The SMILES string of the molecule is C=CCCCCCCN(CCCCCCC=C)CCC(=O)[O-].[Na+]. The summed E-state index contributed by atoms with van der Waals surface area (Å²) < 4.78 is 0. The molecule has 0 aliphatic rings. The van der Waals surface area contributed by atoms with Gasteiger partial charge in [0, 0.05) is 12.5 Å². The van der Waals surface area contributed by atoms with Crippen LogP contribution in [0.4, 0.5) is 0 Å². The Kier molecular flexibility index (Phi) is 21.8. The second-order valence-electron chi connectivity index (χ2n) is 5.95. The van der Waals surface area contributed by atoms with Crippen LogP contribution in [0, 0.1) is 0 Å². The molecule has 0 saturated heterocycles. The van der Waals surface area contributed by atoms with Crippen LogP contribution in [0.3, 0.4) is 0 Å². The Morgan fingerprint density at radius 3 is 1.61 bits per heavy atom. The fourth-order valence-electron chi connectivity index (χ4n) is 2.54. The second kappa shape index (κ2) is 20.0. The molecule has 23 heavy (non-hydrogen) atoms. The summed E-state index contributed by atoms with van der Waals surface area (Å²) in [6.07, 6.45) is 15.9. The molecule has 0 aliphatic heterocycles. The predicted molar refractivity (Wildman–Crippen MR) is 92.6 cm³/mol. The molecule has 0 radical (unpaired) electrons. The fraction of sp³-hybridized carbons (Fsp3) is 0.737. The van der Waals surface area contributed by atoms with Gasteiger partial charge in [0.15, 0.2) is 0 Å². The van der Waals surface area contributed by atoms with Gasteiger partial charge in [-0.25, -0.2) is 0 Å². The van der Waals surface area contributed by atoms with Crippen LogP contribution >= 0.6 is 0 Å². The van der Waals surface area contributed by atoms with E-state index in [1.165, 1.54) is 38.5 Å². The number of carboxylic acids is 1. The Morgan fingerprint density at radius 1 is 0.783 bits per heavy atom. The first kappa shape index (κ1) is 25.2. The van der Waals surface area contributed by atoms with E-state index in [9.17, 15) is 9.90 Å². The summed E-state index contributed by atoms with van der Waals surface area (Å²) in [5.74, 6) is -0.943. The molecule has 0 spiro atoms. The zero-order valence-corrected chi connectivity index (χ0v) is 17.2. The topological polar surface area (TPSA) is 43.4 Å². The summed E-state index contributed by atoms with van der Waals surface area (Å²) in [6.45, 7) is 10.1. The van der Waals surface area contributed by atoms with Crippen molar-refractivity contribution in [3.05, 3.63) is 25.3 Å². The number of hydrogen-bond acceptors (Lipinski definition) is 3. The van der Waals surface area contributed by atoms with Crippen molar-refractivity contribution in [2.75, 3.05) is 19.6 Å². The molecule has 0 heterocycles. The van der Waals surface area contributed by atoms with Crippen molar-refractivity contribution in [3.63, 3.8) is 0 Å². The largest absolute Gasteiger partial charge is 1.00 e. The summed E-state index contributed by atoms with van der Waals surface area (Å²) in [4.78, 5) is 12.9. The van der Waals surface area contributed by atoms with Crippen LogP contribution in [0.1, 0.15) is 70.6 Å². The van der Waals surface area contributed by atoms with E-state index in [2.05, 4.69) is 18.1 Å². The minimum Gasteiger partial charge on any atom is -0.550 e. The van der Waals surface area contributed by atoms with Crippen molar-refractivity contribution in [3.8, 4) is 0 Å². The molecule has 4 heteroatoms. The first-order valence-corrected chi connectivity index (χ1v) is 8.84. The monoisotopic (exact) mass is 331 g/mol. The first-order valence-electron chi connectivity index (χ1n) is 8.84. The van der Waals surface area contributed by atoms with Crippen molar-refractivity contribution >= 4 is 5.97 Å². The molecule has 0 aromatic carbocycles. The van der Waals surface area contributed by atoms with E-state index in [4.69, 9.17) is 0 Å². The van der Waals surface area contributed by atoms with Gasteiger partial charge in [-0.3, -0.25) is 0 Å². The maximum Gasteiger partial charge on any atom is 1.00 e. The third kappa shape index (κ3) is 19.9. The summed E-state index contributed by atoms with van der Waals surface area (Å²) in [7, 11) is 0. The molecule has 0 unspecified atom stereocenters. The average Bonchev–Trinajstić information content (AvgIpc) is 2.50. The molecule has 0 saturated carbocycles. The van der Waals surface area contributed by atoms with Gasteiger partial charge in [-0.15, -0.1) is 13.2 Å². The van der Waals surface area contributed by atoms with Crippen molar-refractivity contribution in [2.24, 2.45) is 0 Å². The molecule has 128 valence electrons. The number of nitrogens with zero attached hydrogens (tertiary/aromatic N) is 1. The van der Waals surface area contributed by atoms with Gasteiger partial charge in [0.25, 0.3) is 0 Å². The van der Waals surface area contributed by atoms with Gasteiger partial charge in [0.2, 0.25) is 0 Å². The summed E-state index contributed by atoms with van der Waals surface area (Å²) in [5.41, 5.74) is 0. The smallest absolute Gasteiger partial charge is 0.550 e. The third-order valence-electron chi connectivity index (χ3n) is 3.90. The quantitative estimate of drug-likeness (QED) is 0.224. The molecule has 0 bridgehead atoms.